The molecule has 3 fully saturated rings. The molecule has 2 aliphatic carbocycles. The molecule has 1 aliphatic heterocycles. The molecule has 2 saturated carbocycles. The zero-order valence-electron chi connectivity index (χ0n) is 24.5. The monoisotopic (exact) mass is 543 g/mol. The van der Waals surface area contributed by atoms with Crippen LogP contribution in [0.25, 0.3) is 0 Å². The van der Waals surface area contributed by atoms with Crippen molar-refractivity contribution in [2.45, 2.75) is 89.8 Å². The van der Waals surface area contributed by atoms with E-state index in [0.29, 0.717) is 48.6 Å². The van der Waals surface area contributed by atoms with Crippen LogP contribution in [0.4, 0.5) is 0 Å². The second-order valence-corrected chi connectivity index (χ2v) is 11.8. The van der Waals surface area contributed by atoms with Crippen LogP contribution in [-0.4, -0.2) is 86.8 Å². The molecule has 3 aliphatic rings. The molecule has 2 atom stereocenters. The van der Waals surface area contributed by atoms with Crippen molar-refractivity contribution in [3.8, 4) is 11.5 Å². The number of hydrogen-bond acceptors (Lipinski definition) is 6. The van der Waals surface area contributed by atoms with Gasteiger partial charge in [0.25, 0.3) is 5.91 Å². The van der Waals surface area contributed by atoms with Crippen LogP contribution in [0, 0.1) is 11.8 Å². The van der Waals surface area contributed by atoms with E-state index < -0.39 is 0 Å². The van der Waals surface area contributed by atoms with E-state index in [9.17, 15) is 9.59 Å². The van der Waals surface area contributed by atoms with Crippen LogP contribution in [0.15, 0.2) is 18.2 Å². The van der Waals surface area contributed by atoms with E-state index in [0.717, 1.165) is 51.2 Å². The van der Waals surface area contributed by atoms with Gasteiger partial charge in [0, 0.05) is 69.8 Å². The average molecular weight is 544 g/mol. The topological polar surface area (TPSA) is 80.3 Å². The van der Waals surface area contributed by atoms with Crippen molar-refractivity contribution in [1.29, 1.82) is 0 Å². The van der Waals surface area contributed by atoms with Gasteiger partial charge in [0.05, 0.1) is 19.8 Å². The van der Waals surface area contributed by atoms with E-state index >= 15 is 0 Å². The summed E-state index contributed by atoms with van der Waals surface area (Å²) in [4.78, 5) is 31.5. The average Bonchev–Trinajstić information content (AvgIpc) is 3.44. The van der Waals surface area contributed by atoms with Crippen molar-refractivity contribution in [2.24, 2.45) is 11.8 Å². The molecular formula is C31H49N3O5. The van der Waals surface area contributed by atoms with Crippen molar-refractivity contribution >= 4 is 11.8 Å². The molecule has 0 unspecified atom stereocenters. The first kappa shape index (κ1) is 29.7. The Morgan fingerprint density at radius 2 is 1.79 bits per heavy atom. The molecule has 1 saturated heterocycles. The van der Waals surface area contributed by atoms with Gasteiger partial charge < -0.3 is 29.3 Å². The van der Waals surface area contributed by atoms with Crippen LogP contribution in [0.2, 0.25) is 0 Å². The summed E-state index contributed by atoms with van der Waals surface area (Å²) in [5.74, 6) is 2.40. The molecule has 0 aromatic heterocycles. The third-order valence-electron chi connectivity index (χ3n) is 8.59. The quantitative estimate of drug-likeness (QED) is 0.328. The molecule has 2 amide bonds. The number of benzene rings is 1. The van der Waals surface area contributed by atoms with Crippen LogP contribution in [0.3, 0.4) is 0 Å². The molecule has 0 radical (unpaired) electrons. The molecule has 1 N–H and O–H groups in total. The lowest BCUT2D eigenvalue weighted by Crippen LogP contribution is -2.51. The molecule has 1 aromatic rings. The van der Waals surface area contributed by atoms with Gasteiger partial charge in [-0.25, -0.2) is 0 Å². The highest BCUT2D eigenvalue weighted by Crippen LogP contribution is 2.34. The minimum Gasteiger partial charge on any atom is -0.493 e. The molecule has 0 bridgehead atoms. The SMILES string of the molecule is COCCCOc1cc(C(=O)N(C(C)C)[C@@H]2CNC[C@H]2CN(C(=O)CCC2CCCC2)C2CC2)ccc1OC. The van der Waals surface area contributed by atoms with E-state index in [1.54, 1.807) is 26.4 Å². The van der Waals surface area contributed by atoms with Gasteiger partial charge in [-0.05, 0) is 57.2 Å². The van der Waals surface area contributed by atoms with Gasteiger partial charge >= 0.3 is 0 Å². The zero-order valence-corrected chi connectivity index (χ0v) is 24.5. The summed E-state index contributed by atoms with van der Waals surface area (Å²) in [7, 11) is 3.27. The lowest BCUT2D eigenvalue weighted by molar-refractivity contribution is -0.132. The van der Waals surface area contributed by atoms with Gasteiger partial charge in [0.1, 0.15) is 0 Å². The summed E-state index contributed by atoms with van der Waals surface area (Å²) < 4.78 is 16.5. The Hall–Kier alpha value is -2.32. The number of methoxy groups -OCH3 is 2. The molecule has 0 spiro atoms. The van der Waals surface area contributed by atoms with Crippen LogP contribution in [0.5, 0.6) is 11.5 Å². The third kappa shape index (κ3) is 7.88. The second-order valence-electron chi connectivity index (χ2n) is 11.8. The lowest BCUT2D eigenvalue weighted by Gasteiger charge is -2.38. The Balaban J connectivity index is 1.45. The van der Waals surface area contributed by atoms with Crippen molar-refractivity contribution in [3.05, 3.63) is 23.8 Å². The Labute approximate surface area is 234 Å². The number of ether oxygens (including phenoxy) is 3. The molecular weight excluding hydrogens is 494 g/mol. The van der Waals surface area contributed by atoms with E-state index in [4.69, 9.17) is 14.2 Å². The zero-order chi connectivity index (χ0) is 27.8. The maximum absolute atomic E-state index is 14.0. The normalized spacial score (nSPS) is 21.4. The maximum Gasteiger partial charge on any atom is 0.254 e. The minimum absolute atomic E-state index is 0.0152. The van der Waals surface area contributed by atoms with Crippen LogP contribution < -0.4 is 14.8 Å². The largest absolute Gasteiger partial charge is 0.493 e. The molecule has 1 heterocycles. The number of hydrogen-bond donors (Lipinski definition) is 1. The standard InChI is InChI=1S/C31H49N3O5/c1-22(2)34(31(36)24-11-14-28(38-4)29(18-24)39-17-7-16-37-3)27-20-32-19-25(27)21-33(26-12-13-26)30(35)15-10-23-8-5-6-9-23/h11,14,18,22-23,25-27,32H,5-10,12-13,15-17,19-21H2,1-4H3/t25-,27+/m0/s1. The lowest BCUT2D eigenvalue weighted by atomic mass is 9.97. The Morgan fingerprint density at radius 3 is 2.46 bits per heavy atom. The van der Waals surface area contributed by atoms with Crippen LogP contribution >= 0.6 is 0 Å². The van der Waals surface area contributed by atoms with Gasteiger partial charge in [-0.1, -0.05) is 25.7 Å². The Kier molecular flexibility index (Phi) is 10.9. The van der Waals surface area contributed by atoms with Gasteiger partial charge in [-0.3, -0.25) is 9.59 Å². The predicted molar refractivity (Wildman–Crippen MR) is 152 cm³/mol. The molecule has 4 rings (SSSR count). The summed E-state index contributed by atoms with van der Waals surface area (Å²) >= 11 is 0. The third-order valence-corrected chi connectivity index (χ3v) is 8.59. The summed E-state index contributed by atoms with van der Waals surface area (Å²) in [6.07, 6.45) is 9.84. The molecule has 8 nitrogen and oxygen atoms in total. The fourth-order valence-corrected chi connectivity index (χ4v) is 6.32. The molecule has 218 valence electrons. The number of carbonyl (C=O) groups is 2. The van der Waals surface area contributed by atoms with Crippen molar-refractivity contribution in [1.82, 2.24) is 15.1 Å². The van der Waals surface area contributed by atoms with E-state index in [2.05, 4.69) is 24.1 Å². The first-order valence-corrected chi connectivity index (χ1v) is 15.1. The molecule has 39 heavy (non-hydrogen) atoms. The summed E-state index contributed by atoms with van der Waals surface area (Å²) in [5, 5.41) is 3.53. The summed E-state index contributed by atoms with van der Waals surface area (Å²) in [5.41, 5.74) is 0.587. The highest BCUT2D eigenvalue weighted by molar-refractivity contribution is 5.95. The first-order chi connectivity index (χ1) is 18.9. The van der Waals surface area contributed by atoms with Crippen molar-refractivity contribution in [3.63, 3.8) is 0 Å². The fourth-order valence-electron chi connectivity index (χ4n) is 6.32. The van der Waals surface area contributed by atoms with Crippen LogP contribution in [-0.2, 0) is 9.53 Å². The highest BCUT2D eigenvalue weighted by Gasteiger charge is 2.41. The molecule has 1 aromatic carbocycles. The minimum atomic E-state index is -0.0152. The highest BCUT2D eigenvalue weighted by atomic mass is 16.5. The van der Waals surface area contributed by atoms with Gasteiger partial charge in [-0.15, -0.1) is 0 Å². The van der Waals surface area contributed by atoms with E-state index in [-0.39, 0.29) is 23.9 Å². The number of nitrogens with zero attached hydrogens (tertiary/aromatic N) is 2. The molecule has 8 heteroatoms. The van der Waals surface area contributed by atoms with Crippen molar-refractivity contribution < 1.29 is 23.8 Å². The first-order valence-electron chi connectivity index (χ1n) is 15.1. The number of rotatable bonds is 15. The van der Waals surface area contributed by atoms with Gasteiger partial charge in [0.15, 0.2) is 11.5 Å². The van der Waals surface area contributed by atoms with Crippen molar-refractivity contribution in [2.75, 3.05) is 47.1 Å². The maximum atomic E-state index is 14.0. The number of carbonyl (C=O) groups excluding carboxylic acids is 2. The number of amides is 2. The van der Waals surface area contributed by atoms with Gasteiger partial charge in [0.2, 0.25) is 5.91 Å². The van der Waals surface area contributed by atoms with E-state index in [1.165, 1.54) is 25.7 Å². The second kappa shape index (κ2) is 14.4. The fraction of sp³-hybridized carbons (Fsp3) is 0.742. The van der Waals surface area contributed by atoms with Crippen LogP contribution in [0.1, 0.15) is 82.0 Å². The van der Waals surface area contributed by atoms with Gasteiger partial charge in [-0.2, -0.15) is 0 Å². The summed E-state index contributed by atoms with van der Waals surface area (Å²) in [6.45, 7) is 7.51. The number of nitrogens with one attached hydrogen (secondary N) is 1. The predicted octanol–water partition coefficient (Wildman–Crippen LogP) is 4.51. The smallest absolute Gasteiger partial charge is 0.254 e. The summed E-state index contributed by atoms with van der Waals surface area (Å²) in [6, 6.07) is 5.84. The Morgan fingerprint density at radius 1 is 1.03 bits per heavy atom. The van der Waals surface area contributed by atoms with E-state index in [1.807, 2.05) is 11.0 Å². The Bertz CT molecular complexity index is 944.